The first-order valence-corrected chi connectivity index (χ1v) is 7.64. The molecule has 0 unspecified atom stereocenters. The molecule has 0 spiro atoms. The van der Waals surface area contributed by atoms with Crippen molar-refractivity contribution < 1.29 is 19.0 Å². The number of ether oxygens (including phenoxy) is 3. The van der Waals surface area contributed by atoms with Crippen molar-refractivity contribution in [2.24, 2.45) is 0 Å². The number of methoxy groups -OCH3 is 3. The molecule has 0 radical (unpaired) electrons. The third kappa shape index (κ3) is 3.79. The van der Waals surface area contributed by atoms with Crippen LogP contribution in [0.5, 0.6) is 17.2 Å². The van der Waals surface area contributed by atoms with Gasteiger partial charge in [0.2, 0.25) is 5.75 Å². The molecule has 0 aliphatic rings. The van der Waals surface area contributed by atoms with Gasteiger partial charge in [-0.15, -0.1) is 0 Å². The lowest BCUT2D eigenvalue weighted by Crippen LogP contribution is -2.23. The summed E-state index contributed by atoms with van der Waals surface area (Å²) in [6.07, 6.45) is 0. The SMILES string of the molecule is COc1cc(C(=O)NCc2cc(C)ccc2C)cc(OC)c1OC. The second-order valence-electron chi connectivity index (χ2n) is 5.53. The number of hydrogen-bond acceptors (Lipinski definition) is 4. The van der Waals surface area contributed by atoms with E-state index in [2.05, 4.69) is 23.5 Å². The van der Waals surface area contributed by atoms with E-state index in [-0.39, 0.29) is 5.91 Å². The van der Waals surface area contributed by atoms with E-state index in [1.165, 1.54) is 21.3 Å². The minimum Gasteiger partial charge on any atom is -0.493 e. The highest BCUT2D eigenvalue weighted by Crippen LogP contribution is 2.38. The topological polar surface area (TPSA) is 56.8 Å². The first kappa shape index (κ1) is 17.7. The lowest BCUT2D eigenvalue weighted by Gasteiger charge is -2.14. The lowest BCUT2D eigenvalue weighted by atomic mass is 10.1. The Morgan fingerprint density at radius 1 is 0.958 bits per heavy atom. The van der Waals surface area contributed by atoms with Crippen LogP contribution in [0.3, 0.4) is 0 Å². The van der Waals surface area contributed by atoms with E-state index in [1.807, 2.05) is 13.8 Å². The molecule has 2 rings (SSSR count). The summed E-state index contributed by atoms with van der Waals surface area (Å²) < 4.78 is 15.8. The molecule has 0 fully saturated rings. The van der Waals surface area contributed by atoms with Crippen LogP contribution in [0.2, 0.25) is 0 Å². The minimum absolute atomic E-state index is 0.199. The molecular formula is C19H23NO4. The molecule has 0 aliphatic carbocycles. The van der Waals surface area contributed by atoms with Crippen molar-refractivity contribution in [2.45, 2.75) is 20.4 Å². The molecule has 0 aromatic heterocycles. The summed E-state index contributed by atoms with van der Waals surface area (Å²) in [5, 5.41) is 2.93. The van der Waals surface area contributed by atoms with E-state index in [0.29, 0.717) is 29.4 Å². The first-order valence-electron chi connectivity index (χ1n) is 7.64. The molecule has 0 heterocycles. The Bertz CT molecular complexity index is 715. The Labute approximate surface area is 142 Å². The van der Waals surface area contributed by atoms with Crippen LogP contribution in [-0.4, -0.2) is 27.2 Å². The van der Waals surface area contributed by atoms with Crippen LogP contribution < -0.4 is 19.5 Å². The van der Waals surface area contributed by atoms with Crippen LogP contribution in [-0.2, 0) is 6.54 Å². The van der Waals surface area contributed by atoms with Crippen molar-refractivity contribution in [2.75, 3.05) is 21.3 Å². The third-order valence-electron chi connectivity index (χ3n) is 3.87. The molecule has 0 atom stereocenters. The van der Waals surface area contributed by atoms with E-state index in [1.54, 1.807) is 12.1 Å². The van der Waals surface area contributed by atoms with Crippen LogP contribution in [0.4, 0.5) is 0 Å². The summed E-state index contributed by atoms with van der Waals surface area (Å²) in [7, 11) is 4.57. The van der Waals surface area contributed by atoms with Crippen LogP contribution in [0, 0.1) is 13.8 Å². The maximum Gasteiger partial charge on any atom is 0.251 e. The quantitative estimate of drug-likeness (QED) is 0.884. The molecule has 2 aromatic carbocycles. The van der Waals surface area contributed by atoms with Gasteiger partial charge in [0.1, 0.15) is 0 Å². The summed E-state index contributed by atoms with van der Waals surface area (Å²) >= 11 is 0. The highest BCUT2D eigenvalue weighted by Gasteiger charge is 2.17. The van der Waals surface area contributed by atoms with Crippen molar-refractivity contribution in [3.63, 3.8) is 0 Å². The van der Waals surface area contributed by atoms with Gasteiger partial charge in [0.25, 0.3) is 5.91 Å². The smallest absolute Gasteiger partial charge is 0.251 e. The van der Waals surface area contributed by atoms with Crippen LogP contribution in [0.25, 0.3) is 0 Å². The number of rotatable bonds is 6. The second kappa shape index (κ2) is 7.73. The van der Waals surface area contributed by atoms with Crippen molar-refractivity contribution in [3.05, 3.63) is 52.6 Å². The van der Waals surface area contributed by atoms with Crippen molar-refractivity contribution in [3.8, 4) is 17.2 Å². The molecule has 0 bridgehead atoms. The van der Waals surface area contributed by atoms with E-state index in [0.717, 1.165) is 16.7 Å². The van der Waals surface area contributed by atoms with Crippen molar-refractivity contribution >= 4 is 5.91 Å². The Morgan fingerprint density at radius 3 is 2.12 bits per heavy atom. The fourth-order valence-electron chi connectivity index (χ4n) is 2.48. The van der Waals surface area contributed by atoms with Gasteiger partial charge in [-0.3, -0.25) is 4.79 Å². The molecule has 5 nitrogen and oxygen atoms in total. The molecule has 1 N–H and O–H groups in total. The molecule has 0 aliphatic heterocycles. The minimum atomic E-state index is -0.199. The molecule has 0 saturated carbocycles. The zero-order chi connectivity index (χ0) is 17.7. The summed E-state index contributed by atoms with van der Waals surface area (Å²) in [5.74, 6) is 1.17. The average Bonchev–Trinajstić information content (AvgIpc) is 2.60. The number of carbonyl (C=O) groups excluding carboxylic acids is 1. The standard InChI is InChI=1S/C19H23NO4/c1-12-6-7-13(2)15(8-12)11-20-19(21)14-9-16(22-3)18(24-5)17(10-14)23-4/h6-10H,11H2,1-5H3,(H,20,21). The van der Waals surface area contributed by atoms with Gasteiger partial charge < -0.3 is 19.5 Å². The number of nitrogens with one attached hydrogen (secondary N) is 1. The fourth-order valence-corrected chi connectivity index (χ4v) is 2.48. The largest absolute Gasteiger partial charge is 0.493 e. The molecular weight excluding hydrogens is 306 g/mol. The first-order chi connectivity index (χ1) is 11.5. The van der Waals surface area contributed by atoms with E-state index < -0.39 is 0 Å². The zero-order valence-electron chi connectivity index (χ0n) is 14.7. The van der Waals surface area contributed by atoms with E-state index >= 15 is 0 Å². The number of amides is 1. The number of aryl methyl sites for hydroxylation is 2. The lowest BCUT2D eigenvalue weighted by molar-refractivity contribution is 0.0950. The van der Waals surface area contributed by atoms with Crippen LogP contribution >= 0.6 is 0 Å². The number of hydrogen-bond donors (Lipinski definition) is 1. The third-order valence-corrected chi connectivity index (χ3v) is 3.87. The maximum atomic E-state index is 12.5. The summed E-state index contributed by atoms with van der Waals surface area (Å²) in [6.45, 7) is 4.52. The van der Waals surface area contributed by atoms with Gasteiger partial charge in [-0.05, 0) is 37.1 Å². The molecule has 2 aromatic rings. The summed E-state index contributed by atoms with van der Waals surface area (Å²) in [4.78, 5) is 12.5. The Morgan fingerprint density at radius 2 is 1.58 bits per heavy atom. The maximum absolute atomic E-state index is 12.5. The van der Waals surface area contributed by atoms with Gasteiger partial charge in [-0.1, -0.05) is 23.8 Å². The second-order valence-corrected chi connectivity index (χ2v) is 5.53. The van der Waals surface area contributed by atoms with Crippen molar-refractivity contribution in [1.82, 2.24) is 5.32 Å². The van der Waals surface area contributed by atoms with Crippen molar-refractivity contribution in [1.29, 1.82) is 0 Å². The normalized spacial score (nSPS) is 10.2. The van der Waals surface area contributed by atoms with E-state index in [9.17, 15) is 4.79 Å². The van der Waals surface area contributed by atoms with E-state index in [4.69, 9.17) is 14.2 Å². The highest BCUT2D eigenvalue weighted by atomic mass is 16.5. The predicted octanol–water partition coefficient (Wildman–Crippen LogP) is 3.26. The Balaban J connectivity index is 2.22. The van der Waals surface area contributed by atoms with Gasteiger partial charge in [-0.25, -0.2) is 0 Å². The Kier molecular flexibility index (Phi) is 5.68. The molecule has 24 heavy (non-hydrogen) atoms. The number of carbonyl (C=O) groups is 1. The molecule has 0 saturated heterocycles. The molecule has 128 valence electrons. The van der Waals surface area contributed by atoms with Gasteiger partial charge in [-0.2, -0.15) is 0 Å². The molecule has 1 amide bonds. The van der Waals surface area contributed by atoms with Crippen LogP contribution in [0.1, 0.15) is 27.0 Å². The summed E-state index contributed by atoms with van der Waals surface area (Å²) in [6, 6.07) is 9.46. The summed E-state index contributed by atoms with van der Waals surface area (Å²) in [5.41, 5.74) is 3.86. The zero-order valence-corrected chi connectivity index (χ0v) is 14.7. The van der Waals surface area contributed by atoms with Gasteiger partial charge in [0.15, 0.2) is 11.5 Å². The monoisotopic (exact) mass is 329 g/mol. The van der Waals surface area contributed by atoms with Gasteiger partial charge >= 0.3 is 0 Å². The number of benzene rings is 2. The highest BCUT2D eigenvalue weighted by molar-refractivity contribution is 5.95. The molecule has 5 heteroatoms. The Hall–Kier alpha value is -2.69. The van der Waals surface area contributed by atoms with Crippen LogP contribution in [0.15, 0.2) is 30.3 Å². The average molecular weight is 329 g/mol. The van der Waals surface area contributed by atoms with Gasteiger partial charge in [0.05, 0.1) is 21.3 Å². The fraction of sp³-hybridized carbons (Fsp3) is 0.316. The van der Waals surface area contributed by atoms with Gasteiger partial charge in [0, 0.05) is 12.1 Å². The predicted molar refractivity (Wildman–Crippen MR) is 93.2 cm³/mol.